The van der Waals surface area contributed by atoms with Crippen molar-refractivity contribution in [3.63, 3.8) is 0 Å². The van der Waals surface area contributed by atoms with E-state index < -0.39 is 0 Å². The van der Waals surface area contributed by atoms with Crippen LogP contribution in [0.5, 0.6) is 5.75 Å². The normalized spacial score (nSPS) is 17.3. The molecule has 7 heteroatoms. The van der Waals surface area contributed by atoms with Crippen molar-refractivity contribution in [2.75, 3.05) is 13.2 Å². The first kappa shape index (κ1) is 16.2. The van der Waals surface area contributed by atoms with Crippen molar-refractivity contribution in [2.24, 2.45) is 10.2 Å². The van der Waals surface area contributed by atoms with Crippen LogP contribution in [0.1, 0.15) is 12.8 Å². The van der Waals surface area contributed by atoms with E-state index in [-0.39, 0.29) is 6.17 Å². The summed E-state index contributed by atoms with van der Waals surface area (Å²) in [7, 11) is 0. The zero-order chi connectivity index (χ0) is 15.2. The van der Waals surface area contributed by atoms with Gasteiger partial charge in [0.2, 0.25) is 5.11 Å². The van der Waals surface area contributed by atoms with E-state index in [1.54, 1.807) is 24.3 Å². The molecule has 112 valence electrons. The standard InChI is InChI=1S/C14H15Cl2N3OS/c1-2-7-19-13(17-18-14(19)21)4-3-8-20-12-6-5-10(15)9-11(12)16/h2,5-6,9,13H,1,3-4,7-8H2. The summed E-state index contributed by atoms with van der Waals surface area (Å²) in [6.07, 6.45) is 3.39. The predicted molar refractivity (Wildman–Crippen MR) is 89.3 cm³/mol. The lowest BCUT2D eigenvalue weighted by atomic mass is 10.2. The summed E-state index contributed by atoms with van der Waals surface area (Å²) in [6.45, 7) is 4.91. The summed E-state index contributed by atoms with van der Waals surface area (Å²) in [5.74, 6) is 0.632. The molecular formula is C14H15Cl2N3OS. The van der Waals surface area contributed by atoms with Gasteiger partial charge in [-0.15, -0.1) is 11.7 Å². The monoisotopic (exact) mass is 343 g/mol. The lowest BCUT2D eigenvalue weighted by molar-refractivity contribution is 0.275. The number of thiocarbonyl (C=S) groups is 1. The Hall–Kier alpha value is -1.17. The molecule has 4 nitrogen and oxygen atoms in total. The third-order valence-electron chi connectivity index (χ3n) is 2.97. The van der Waals surface area contributed by atoms with Crippen molar-refractivity contribution in [3.8, 4) is 5.75 Å². The van der Waals surface area contributed by atoms with Crippen molar-refractivity contribution < 1.29 is 4.74 Å². The third-order valence-corrected chi connectivity index (χ3v) is 3.81. The predicted octanol–water partition coefficient (Wildman–Crippen LogP) is 4.72. The molecule has 1 unspecified atom stereocenters. The quantitative estimate of drug-likeness (QED) is 0.408. The van der Waals surface area contributed by atoms with Crippen LogP contribution < -0.4 is 4.74 Å². The summed E-state index contributed by atoms with van der Waals surface area (Å²) >= 11 is 17.0. The first-order valence-corrected chi connectivity index (χ1v) is 7.68. The second-order valence-electron chi connectivity index (χ2n) is 4.49. The van der Waals surface area contributed by atoms with E-state index in [2.05, 4.69) is 16.8 Å². The number of rotatable bonds is 7. The fourth-order valence-corrected chi connectivity index (χ4v) is 2.66. The van der Waals surface area contributed by atoms with Crippen molar-refractivity contribution in [2.45, 2.75) is 19.0 Å². The number of nitrogens with zero attached hydrogens (tertiary/aromatic N) is 3. The number of hydrogen-bond donors (Lipinski definition) is 0. The van der Waals surface area contributed by atoms with Gasteiger partial charge in [-0.3, -0.25) is 0 Å². The molecule has 1 aliphatic rings. The van der Waals surface area contributed by atoms with Gasteiger partial charge in [0.15, 0.2) is 0 Å². The third kappa shape index (κ3) is 4.40. The molecule has 1 atom stereocenters. The highest BCUT2D eigenvalue weighted by atomic mass is 35.5. The van der Waals surface area contributed by atoms with Gasteiger partial charge in [0.1, 0.15) is 11.9 Å². The van der Waals surface area contributed by atoms with Gasteiger partial charge in [-0.25, -0.2) is 0 Å². The van der Waals surface area contributed by atoms with Crippen LogP contribution in [0.2, 0.25) is 10.0 Å². The van der Waals surface area contributed by atoms with Gasteiger partial charge < -0.3 is 9.64 Å². The molecule has 0 radical (unpaired) electrons. The zero-order valence-electron chi connectivity index (χ0n) is 11.3. The molecule has 21 heavy (non-hydrogen) atoms. The van der Waals surface area contributed by atoms with Crippen LogP contribution in [0.4, 0.5) is 0 Å². The molecule has 1 heterocycles. The molecule has 0 saturated carbocycles. The Morgan fingerprint density at radius 2 is 2.24 bits per heavy atom. The van der Waals surface area contributed by atoms with Gasteiger partial charge >= 0.3 is 0 Å². The average Bonchev–Trinajstić information content (AvgIpc) is 2.79. The molecule has 0 saturated heterocycles. The fraction of sp³-hybridized carbons (Fsp3) is 0.357. The van der Waals surface area contributed by atoms with Crippen LogP contribution in [-0.2, 0) is 0 Å². The number of ether oxygens (including phenoxy) is 1. The van der Waals surface area contributed by atoms with Crippen LogP contribution in [-0.4, -0.2) is 29.3 Å². The van der Waals surface area contributed by atoms with E-state index in [1.807, 2.05) is 4.90 Å². The van der Waals surface area contributed by atoms with Crippen molar-refractivity contribution in [3.05, 3.63) is 40.9 Å². The SMILES string of the molecule is C=CCN1C(=S)N=NC1CCCOc1ccc(Cl)cc1Cl. The summed E-state index contributed by atoms with van der Waals surface area (Å²) < 4.78 is 5.64. The highest BCUT2D eigenvalue weighted by molar-refractivity contribution is 7.80. The maximum atomic E-state index is 6.04. The molecular weight excluding hydrogens is 329 g/mol. The van der Waals surface area contributed by atoms with Gasteiger partial charge in [0, 0.05) is 11.6 Å². The Balaban J connectivity index is 1.78. The minimum Gasteiger partial charge on any atom is -0.492 e. The Morgan fingerprint density at radius 3 is 2.95 bits per heavy atom. The Kier molecular flexibility index (Phi) is 5.96. The van der Waals surface area contributed by atoms with E-state index in [9.17, 15) is 0 Å². The minimum atomic E-state index is -0.0280. The molecule has 0 amide bonds. The molecule has 0 aromatic heterocycles. The number of azo groups is 1. The Bertz CT molecular complexity index is 565. The van der Waals surface area contributed by atoms with Gasteiger partial charge in [-0.05, 0) is 43.3 Å². The van der Waals surface area contributed by atoms with Crippen molar-refractivity contribution in [1.29, 1.82) is 0 Å². The highest BCUT2D eigenvalue weighted by Gasteiger charge is 2.24. The summed E-state index contributed by atoms with van der Waals surface area (Å²) in [4.78, 5) is 1.94. The van der Waals surface area contributed by atoms with Crippen molar-refractivity contribution in [1.82, 2.24) is 4.90 Å². The number of benzene rings is 1. The molecule has 1 aromatic carbocycles. The first-order valence-electron chi connectivity index (χ1n) is 6.52. The smallest absolute Gasteiger partial charge is 0.218 e. The molecule has 0 aliphatic carbocycles. The summed E-state index contributed by atoms with van der Waals surface area (Å²) in [5, 5.41) is 9.71. The van der Waals surface area contributed by atoms with Crippen LogP contribution in [0, 0.1) is 0 Å². The summed E-state index contributed by atoms with van der Waals surface area (Å²) in [6, 6.07) is 5.17. The van der Waals surface area contributed by atoms with E-state index >= 15 is 0 Å². The van der Waals surface area contributed by atoms with Crippen LogP contribution in [0.25, 0.3) is 0 Å². The maximum Gasteiger partial charge on any atom is 0.218 e. The second kappa shape index (κ2) is 7.73. The summed E-state index contributed by atoms with van der Waals surface area (Å²) in [5.41, 5.74) is 0. The Morgan fingerprint density at radius 1 is 1.43 bits per heavy atom. The van der Waals surface area contributed by atoms with Crippen LogP contribution in [0.15, 0.2) is 41.1 Å². The van der Waals surface area contributed by atoms with Crippen LogP contribution >= 0.6 is 35.4 Å². The number of hydrogen-bond acceptors (Lipinski definition) is 3. The molecule has 0 bridgehead atoms. The lowest BCUT2D eigenvalue weighted by Crippen LogP contribution is -2.33. The van der Waals surface area contributed by atoms with Gasteiger partial charge in [-0.1, -0.05) is 29.3 Å². The van der Waals surface area contributed by atoms with Crippen molar-refractivity contribution >= 4 is 40.5 Å². The van der Waals surface area contributed by atoms with E-state index in [1.165, 1.54) is 0 Å². The van der Waals surface area contributed by atoms with Gasteiger partial charge in [-0.2, -0.15) is 5.11 Å². The Labute approximate surface area is 139 Å². The second-order valence-corrected chi connectivity index (χ2v) is 5.69. The molecule has 2 rings (SSSR count). The zero-order valence-corrected chi connectivity index (χ0v) is 13.7. The lowest BCUT2D eigenvalue weighted by Gasteiger charge is -2.21. The topological polar surface area (TPSA) is 37.2 Å². The molecule has 1 aromatic rings. The first-order chi connectivity index (χ1) is 10.1. The molecule has 0 spiro atoms. The van der Waals surface area contributed by atoms with Crippen LogP contribution in [0.3, 0.4) is 0 Å². The molecule has 0 fully saturated rings. The van der Waals surface area contributed by atoms with Gasteiger partial charge in [0.05, 0.1) is 11.6 Å². The van der Waals surface area contributed by atoms with E-state index in [0.29, 0.717) is 34.1 Å². The van der Waals surface area contributed by atoms with E-state index in [0.717, 1.165) is 12.8 Å². The largest absolute Gasteiger partial charge is 0.492 e. The number of halogens is 2. The molecule has 1 aliphatic heterocycles. The fourth-order valence-electron chi connectivity index (χ4n) is 1.96. The van der Waals surface area contributed by atoms with E-state index in [4.69, 9.17) is 40.2 Å². The minimum absolute atomic E-state index is 0.0280. The van der Waals surface area contributed by atoms with Gasteiger partial charge in [0.25, 0.3) is 0 Å². The average molecular weight is 344 g/mol. The maximum absolute atomic E-state index is 6.04. The highest BCUT2D eigenvalue weighted by Crippen LogP contribution is 2.27. The molecule has 0 N–H and O–H groups in total.